The van der Waals surface area contributed by atoms with Gasteiger partial charge in [-0.25, -0.2) is 0 Å². The zero-order valence-electron chi connectivity index (χ0n) is 19.4. The van der Waals surface area contributed by atoms with E-state index in [2.05, 4.69) is 28.8 Å². The summed E-state index contributed by atoms with van der Waals surface area (Å²) in [6.45, 7) is 1.09. The van der Waals surface area contributed by atoms with E-state index in [4.69, 9.17) is 18.9 Å². The maximum absolute atomic E-state index is 12.6. The Morgan fingerprint density at radius 1 is 1.18 bits per heavy atom. The highest BCUT2D eigenvalue weighted by molar-refractivity contribution is 5.73. The van der Waals surface area contributed by atoms with Gasteiger partial charge < -0.3 is 28.6 Å². The lowest BCUT2D eigenvalue weighted by Crippen LogP contribution is -2.65. The molecule has 0 N–H and O–H groups in total. The number of hydrogen-bond acceptors (Lipinski definition) is 8. The van der Waals surface area contributed by atoms with Gasteiger partial charge in [0.2, 0.25) is 0 Å². The van der Waals surface area contributed by atoms with Crippen molar-refractivity contribution in [3.05, 3.63) is 35.4 Å². The standard InChI is InChI=1S/C25H31NO7/c1-26-12-11-25-16-8-10-19(32-21(28)6-4-5-20(27)30-3)24(25)33-23-18(31-14-29-2)9-7-15(22(23)25)13-17(16)26/h7-10,16-17,19,24H,4-6,11-14H2,1-3H3/t16-,17+,19?,24?,25-/m0/s1. The van der Waals surface area contributed by atoms with Crippen LogP contribution in [-0.4, -0.2) is 69.7 Å². The van der Waals surface area contributed by atoms with Gasteiger partial charge in [-0.1, -0.05) is 12.1 Å². The van der Waals surface area contributed by atoms with Crippen LogP contribution in [0.15, 0.2) is 24.3 Å². The molecule has 0 radical (unpaired) electrons. The van der Waals surface area contributed by atoms with Crippen LogP contribution in [0.25, 0.3) is 0 Å². The lowest BCUT2D eigenvalue weighted by molar-refractivity contribution is -0.155. The number of carbonyl (C=O) groups excluding carboxylic acids is 2. The molecule has 1 fully saturated rings. The zero-order valence-corrected chi connectivity index (χ0v) is 19.4. The first-order valence-corrected chi connectivity index (χ1v) is 11.6. The molecule has 5 rings (SSSR count). The van der Waals surface area contributed by atoms with E-state index in [0.29, 0.717) is 18.2 Å². The predicted molar refractivity (Wildman–Crippen MR) is 118 cm³/mol. The smallest absolute Gasteiger partial charge is 0.306 e. The van der Waals surface area contributed by atoms with Gasteiger partial charge in [0.1, 0.15) is 6.10 Å². The Hall–Kier alpha value is -2.58. The van der Waals surface area contributed by atoms with Gasteiger partial charge in [0.15, 0.2) is 24.4 Å². The predicted octanol–water partition coefficient (Wildman–Crippen LogP) is 2.37. The quantitative estimate of drug-likeness (QED) is 0.334. The highest BCUT2D eigenvalue weighted by Gasteiger charge is 2.65. The average molecular weight is 458 g/mol. The third kappa shape index (κ3) is 3.51. The number of nitrogens with zero attached hydrogens (tertiary/aromatic N) is 1. The zero-order chi connectivity index (χ0) is 23.2. The normalized spacial score (nSPS) is 30.9. The first-order valence-electron chi connectivity index (χ1n) is 11.6. The van der Waals surface area contributed by atoms with Crippen molar-refractivity contribution in [2.75, 3.05) is 34.6 Å². The minimum Gasteiger partial charge on any atom is -0.481 e. The summed E-state index contributed by atoms with van der Waals surface area (Å²) in [6.07, 6.45) is 6.04. The summed E-state index contributed by atoms with van der Waals surface area (Å²) in [4.78, 5) is 26.4. The number of benzene rings is 1. The molecule has 2 unspecified atom stereocenters. The van der Waals surface area contributed by atoms with E-state index in [9.17, 15) is 9.59 Å². The van der Waals surface area contributed by atoms with Gasteiger partial charge in [-0.2, -0.15) is 0 Å². The van der Waals surface area contributed by atoms with E-state index in [1.54, 1.807) is 7.11 Å². The Kier molecular flexibility index (Phi) is 5.82. The molecule has 1 spiro atoms. The Morgan fingerprint density at radius 3 is 2.79 bits per heavy atom. The number of rotatable bonds is 8. The number of methoxy groups -OCH3 is 2. The first kappa shape index (κ1) is 22.2. The van der Waals surface area contributed by atoms with Gasteiger partial charge in [0.25, 0.3) is 0 Å². The lowest BCUT2D eigenvalue weighted by atomic mass is 9.53. The molecule has 1 aromatic rings. The van der Waals surface area contributed by atoms with E-state index in [0.717, 1.165) is 25.1 Å². The van der Waals surface area contributed by atoms with Crippen LogP contribution in [0.3, 0.4) is 0 Å². The molecule has 1 aromatic carbocycles. The van der Waals surface area contributed by atoms with Crippen molar-refractivity contribution >= 4 is 11.9 Å². The van der Waals surface area contributed by atoms with E-state index in [-0.39, 0.29) is 49.0 Å². The van der Waals surface area contributed by atoms with Crippen LogP contribution >= 0.6 is 0 Å². The van der Waals surface area contributed by atoms with E-state index >= 15 is 0 Å². The van der Waals surface area contributed by atoms with Crippen LogP contribution in [0.2, 0.25) is 0 Å². The first-order chi connectivity index (χ1) is 16.0. The molecule has 5 atom stereocenters. The van der Waals surface area contributed by atoms with Gasteiger partial charge in [-0.05, 0) is 50.6 Å². The Labute approximate surface area is 193 Å². The van der Waals surface area contributed by atoms with Crippen molar-refractivity contribution in [3.63, 3.8) is 0 Å². The second-order valence-corrected chi connectivity index (χ2v) is 9.35. The number of likely N-dealkylation sites (N-methyl/N-ethyl adjacent to an activating group) is 1. The number of likely N-dealkylation sites (tertiary alicyclic amines) is 1. The molecule has 4 aliphatic rings. The van der Waals surface area contributed by atoms with E-state index in [1.165, 1.54) is 18.2 Å². The van der Waals surface area contributed by atoms with E-state index in [1.807, 2.05) is 12.1 Å². The topological polar surface area (TPSA) is 83.5 Å². The van der Waals surface area contributed by atoms with Gasteiger partial charge in [-0.3, -0.25) is 9.59 Å². The average Bonchev–Trinajstić information content (AvgIpc) is 3.16. The van der Waals surface area contributed by atoms with Crippen LogP contribution in [0, 0.1) is 5.92 Å². The van der Waals surface area contributed by atoms with Gasteiger partial charge in [0, 0.05) is 42.9 Å². The highest BCUT2D eigenvalue weighted by atomic mass is 16.7. The molecule has 2 aliphatic carbocycles. The molecule has 0 aromatic heterocycles. The molecule has 0 amide bonds. The fraction of sp³-hybridized carbons (Fsp3) is 0.600. The molecule has 1 saturated heterocycles. The molecule has 2 aliphatic heterocycles. The molecule has 8 heteroatoms. The van der Waals surface area contributed by atoms with Crippen molar-refractivity contribution in [1.29, 1.82) is 0 Å². The number of carbonyl (C=O) groups is 2. The number of piperidine rings is 1. The Bertz CT molecular complexity index is 976. The van der Waals surface area contributed by atoms with Crippen LogP contribution in [-0.2, 0) is 35.6 Å². The molecular formula is C25H31NO7. The summed E-state index contributed by atoms with van der Waals surface area (Å²) in [5.74, 6) is 1.05. The van der Waals surface area contributed by atoms with Crippen molar-refractivity contribution in [1.82, 2.24) is 4.90 Å². The lowest BCUT2D eigenvalue weighted by Gasteiger charge is -2.56. The summed E-state index contributed by atoms with van der Waals surface area (Å²) in [5, 5.41) is 0. The summed E-state index contributed by atoms with van der Waals surface area (Å²) in [6, 6.07) is 4.48. The second-order valence-electron chi connectivity index (χ2n) is 9.35. The third-order valence-electron chi connectivity index (χ3n) is 7.70. The second kappa shape index (κ2) is 8.65. The van der Waals surface area contributed by atoms with Crippen molar-refractivity contribution in [3.8, 4) is 11.5 Å². The summed E-state index contributed by atoms with van der Waals surface area (Å²) < 4.78 is 28.1. The maximum Gasteiger partial charge on any atom is 0.306 e. The minimum atomic E-state index is -0.496. The fourth-order valence-corrected chi connectivity index (χ4v) is 6.24. The van der Waals surface area contributed by atoms with Crippen LogP contribution in [0.1, 0.15) is 36.8 Å². The highest BCUT2D eigenvalue weighted by Crippen LogP contribution is 2.62. The van der Waals surface area contributed by atoms with Gasteiger partial charge in [0.05, 0.1) is 7.11 Å². The molecule has 33 heavy (non-hydrogen) atoms. The third-order valence-corrected chi connectivity index (χ3v) is 7.70. The van der Waals surface area contributed by atoms with E-state index < -0.39 is 6.10 Å². The van der Waals surface area contributed by atoms with Crippen molar-refractivity contribution in [2.24, 2.45) is 5.92 Å². The minimum absolute atomic E-state index is 0.137. The number of hydrogen-bond donors (Lipinski definition) is 0. The SMILES string of the molecule is COCOc1ccc2c3c1OC1C(OC(=O)CCCC(=O)OC)C=C[C@H]4[C@@H](C2)N(C)CC[C@]314. The summed E-state index contributed by atoms with van der Waals surface area (Å²) in [5.41, 5.74) is 2.24. The van der Waals surface area contributed by atoms with Crippen molar-refractivity contribution in [2.45, 2.75) is 55.8 Å². The van der Waals surface area contributed by atoms with Crippen molar-refractivity contribution < 1.29 is 33.3 Å². The monoisotopic (exact) mass is 457 g/mol. The largest absolute Gasteiger partial charge is 0.481 e. The fourth-order valence-electron chi connectivity index (χ4n) is 6.24. The molecule has 8 nitrogen and oxygen atoms in total. The molecule has 2 heterocycles. The molecule has 0 saturated carbocycles. The van der Waals surface area contributed by atoms with Crippen LogP contribution in [0.4, 0.5) is 0 Å². The Balaban J connectivity index is 1.45. The maximum atomic E-state index is 12.6. The summed E-state index contributed by atoms with van der Waals surface area (Å²) >= 11 is 0. The molecule has 2 bridgehead atoms. The summed E-state index contributed by atoms with van der Waals surface area (Å²) in [7, 11) is 5.12. The molecule has 178 valence electrons. The Morgan fingerprint density at radius 2 is 2.00 bits per heavy atom. The van der Waals surface area contributed by atoms with Gasteiger partial charge in [-0.15, -0.1) is 0 Å². The number of ether oxygens (including phenoxy) is 5. The van der Waals surface area contributed by atoms with Crippen LogP contribution < -0.4 is 9.47 Å². The number of esters is 2. The molecular weight excluding hydrogens is 426 g/mol. The van der Waals surface area contributed by atoms with Gasteiger partial charge >= 0.3 is 11.9 Å². The van der Waals surface area contributed by atoms with Crippen LogP contribution in [0.5, 0.6) is 11.5 Å².